The molecule has 1 radical (unpaired) electrons. The third kappa shape index (κ3) is 3.87. The zero-order valence-corrected chi connectivity index (χ0v) is 11.8. The molecule has 0 heterocycles. The van der Waals surface area contributed by atoms with Crippen molar-refractivity contribution < 1.29 is 32.7 Å². The minimum atomic E-state index is 0. The number of hydrogen-bond acceptors (Lipinski definition) is 0. The van der Waals surface area contributed by atoms with Crippen LogP contribution in [0.3, 0.4) is 0 Å². The second-order valence-electron chi connectivity index (χ2n) is 5.09. The van der Waals surface area contributed by atoms with Gasteiger partial charge >= 0.3 is 0 Å². The van der Waals surface area contributed by atoms with E-state index in [0.29, 0.717) is 5.41 Å². The van der Waals surface area contributed by atoms with Crippen molar-refractivity contribution in [3.8, 4) is 0 Å². The second-order valence-corrected chi connectivity index (χ2v) is 5.09. The van der Waals surface area contributed by atoms with Gasteiger partial charge in [0.2, 0.25) is 0 Å². The zero-order chi connectivity index (χ0) is 8.48. The topological polar surface area (TPSA) is 0 Å². The molecule has 1 aliphatic rings. The summed E-state index contributed by atoms with van der Waals surface area (Å²) in [6.45, 7) is 9.42. The summed E-state index contributed by atoms with van der Waals surface area (Å²) >= 11 is 0. The Bertz CT molecular complexity index is 115. The maximum atomic E-state index is 2.50. The van der Waals surface area contributed by atoms with Crippen LogP contribution in [-0.4, -0.2) is 0 Å². The van der Waals surface area contributed by atoms with Crippen molar-refractivity contribution in [2.24, 2.45) is 17.3 Å². The molecule has 1 fully saturated rings. The van der Waals surface area contributed by atoms with Crippen LogP contribution in [0, 0.1) is 23.7 Å². The van der Waals surface area contributed by atoms with E-state index in [0.717, 1.165) is 11.8 Å². The average Bonchev–Trinajstić information content (AvgIpc) is 1.86. The van der Waals surface area contributed by atoms with E-state index in [1.165, 1.54) is 19.3 Å². The van der Waals surface area contributed by atoms with Crippen LogP contribution in [0.5, 0.6) is 0 Å². The normalized spacial score (nSPS) is 31.0. The predicted octanol–water partition coefficient (Wildman–Crippen LogP) is 3.67. The van der Waals surface area contributed by atoms with Crippen molar-refractivity contribution in [3.05, 3.63) is 6.42 Å². The molecule has 0 amide bonds. The fourth-order valence-corrected chi connectivity index (χ4v) is 1.88. The van der Waals surface area contributed by atoms with Gasteiger partial charge in [-0.15, -0.1) is 0 Å². The van der Waals surface area contributed by atoms with E-state index in [4.69, 9.17) is 0 Å². The van der Waals surface area contributed by atoms with Gasteiger partial charge in [0.25, 0.3) is 0 Å². The molecule has 1 rings (SSSR count). The van der Waals surface area contributed by atoms with Crippen LogP contribution >= 0.6 is 0 Å². The van der Waals surface area contributed by atoms with Gasteiger partial charge in [-0.3, -0.25) is 0 Å². The van der Waals surface area contributed by atoms with E-state index >= 15 is 0 Å². The second kappa shape index (κ2) is 5.10. The van der Waals surface area contributed by atoms with Crippen molar-refractivity contribution >= 4 is 0 Å². The minimum Gasteiger partial charge on any atom is -0.325 e. The Labute approximate surface area is 103 Å². The molecule has 69 valence electrons. The Balaban J connectivity index is 0.00000121. The summed E-state index contributed by atoms with van der Waals surface area (Å²) in [5.41, 5.74) is 0.524. The van der Waals surface area contributed by atoms with Crippen molar-refractivity contribution in [2.45, 2.75) is 47.0 Å². The molecule has 12 heavy (non-hydrogen) atoms. The van der Waals surface area contributed by atoms with Gasteiger partial charge in [-0.1, -0.05) is 46.5 Å². The first-order valence-electron chi connectivity index (χ1n) is 4.83. The number of rotatable bonds is 0. The van der Waals surface area contributed by atoms with Gasteiger partial charge in [0.1, 0.15) is 0 Å². The van der Waals surface area contributed by atoms with Gasteiger partial charge in [-0.25, -0.2) is 0 Å². The van der Waals surface area contributed by atoms with Crippen LogP contribution in [0.4, 0.5) is 0 Å². The Morgan fingerprint density at radius 1 is 1.17 bits per heavy atom. The maximum Gasteiger partial charge on any atom is 0 e. The van der Waals surface area contributed by atoms with Crippen LogP contribution in [-0.2, 0) is 32.7 Å². The smallest absolute Gasteiger partial charge is 0 e. The molecule has 1 saturated carbocycles. The molecular formula is C11H21Y-. The molecule has 0 N–H and O–H groups in total. The van der Waals surface area contributed by atoms with Gasteiger partial charge in [-0.2, -0.15) is 12.3 Å². The van der Waals surface area contributed by atoms with Gasteiger partial charge in [0.05, 0.1) is 0 Å². The van der Waals surface area contributed by atoms with Crippen molar-refractivity contribution in [3.63, 3.8) is 0 Å². The molecule has 0 spiro atoms. The summed E-state index contributed by atoms with van der Waals surface area (Å²) in [4.78, 5) is 0. The van der Waals surface area contributed by atoms with Gasteiger partial charge in [0.15, 0.2) is 0 Å². The molecule has 2 atom stereocenters. The Morgan fingerprint density at radius 2 is 1.75 bits per heavy atom. The monoisotopic (exact) mass is 242 g/mol. The molecule has 0 aromatic rings. The first-order valence-corrected chi connectivity index (χ1v) is 4.83. The molecule has 0 aliphatic heterocycles. The first kappa shape index (κ1) is 13.1. The Kier molecular flexibility index (Phi) is 5.57. The Morgan fingerprint density at radius 3 is 2.08 bits per heavy atom. The molecule has 0 aromatic carbocycles. The molecule has 1 heteroatoms. The fourth-order valence-electron chi connectivity index (χ4n) is 1.88. The third-order valence-electron chi connectivity index (χ3n) is 3.02. The molecule has 1 aliphatic carbocycles. The average molecular weight is 242 g/mol. The van der Waals surface area contributed by atoms with E-state index in [9.17, 15) is 0 Å². The van der Waals surface area contributed by atoms with Gasteiger partial charge in [-0.05, 0) is 5.41 Å². The van der Waals surface area contributed by atoms with Crippen molar-refractivity contribution in [2.75, 3.05) is 0 Å². The largest absolute Gasteiger partial charge is 0.325 e. The van der Waals surface area contributed by atoms with Crippen LogP contribution < -0.4 is 0 Å². The quantitative estimate of drug-likeness (QED) is 0.568. The SMILES string of the molecule is CC1[CH-]CC(C(C)(C)C)CC1.[Y]. The maximum absolute atomic E-state index is 2.50. The Hall–Kier alpha value is 1.10. The number of hydrogen-bond donors (Lipinski definition) is 0. The summed E-state index contributed by atoms with van der Waals surface area (Å²) in [5.74, 6) is 1.80. The van der Waals surface area contributed by atoms with Crippen molar-refractivity contribution in [1.29, 1.82) is 0 Å². The molecule has 0 aromatic heterocycles. The van der Waals surface area contributed by atoms with Crippen LogP contribution in [0.2, 0.25) is 0 Å². The first-order chi connectivity index (χ1) is 5.00. The summed E-state index contributed by atoms with van der Waals surface area (Å²) < 4.78 is 0. The van der Waals surface area contributed by atoms with Gasteiger partial charge < -0.3 is 6.42 Å². The summed E-state index contributed by atoms with van der Waals surface area (Å²) in [6.07, 6.45) is 6.67. The van der Waals surface area contributed by atoms with E-state index in [1.807, 2.05) is 0 Å². The van der Waals surface area contributed by atoms with E-state index in [-0.39, 0.29) is 32.7 Å². The standard InChI is InChI=1S/C11H21.Y/c1-9-5-7-10(8-6-9)11(2,3)4;/h5,9-10H,6-8H2,1-4H3;/q-1;. The summed E-state index contributed by atoms with van der Waals surface area (Å²) in [6, 6.07) is 0. The minimum absolute atomic E-state index is 0. The van der Waals surface area contributed by atoms with E-state index in [2.05, 4.69) is 34.1 Å². The third-order valence-corrected chi connectivity index (χ3v) is 3.02. The van der Waals surface area contributed by atoms with E-state index in [1.54, 1.807) is 0 Å². The van der Waals surface area contributed by atoms with Crippen LogP contribution in [0.15, 0.2) is 0 Å². The molecule has 0 saturated heterocycles. The van der Waals surface area contributed by atoms with Gasteiger partial charge in [0, 0.05) is 32.7 Å². The van der Waals surface area contributed by atoms with E-state index < -0.39 is 0 Å². The predicted molar refractivity (Wildman–Crippen MR) is 50.3 cm³/mol. The fraction of sp³-hybridized carbons (Fsp3) is 0.909. The molecular weight excluding hydrogens is 221 g/mol. The zero-order valence-electron chi connectivity index (χ0n) is 8.93. The van der Waals surface area contributed by atoms with Crippen molar-refractivity contribution in [1.82, 2.24) is 0 Å². The summed E-state index contributed by atoms with van der Waals surface area (Å²) in [5, 5.41) is 0. The summed E-state index contributed by atoms with van der Waals surface area (Å²) in [7, 11) is 0. The van der Waals surface area contributed by atoms with Crippen LogP contribution in [0.1, 0.15) is 47.0 Å². The molecule has 0 bridgehead atoms. The van der Waals surface area contributed by atoms with Crippen LogP contribution in [0.25, 0.3) is 0 Å². The molecule has 2 unspecified atom stereocenters. The molecule has 0 nitrogen and oxygen atoms in total.